The lowest BCUT2D eigenvalue weighted by atomic mass is 10.1. The van der Waals surface area contributed by atoms with Crippen LogP contribution in [-0.2, 0) is 13.2 Å². The molecule has 0 saturated carbocycles. The van der Waals surface area contributed by atoms with E-state index in [1.807, 2.05) is 50.7 Å². The summed E-state index contributed by atoms with van der Waals surface area (Å²) < 4.78 is 16.9. The SMILES string of the molecule is COc1cc(CNC[C@@H](c2ccco2)N(C)C)ccc1OCc1csc(C)n1. The van der Waals surface area contributed by atoms with Gasteiger partial charge in [-0.25, -0.2) is 4.98 Å². The molecule has 1 atom stereocenters. The van der Waals surface area contributed by atoms with Gasteiger partial charge in [0.1, 0.15) is 12.4 Å². The molecule has 3 aromatic rings. The number of aryl methyl sites for hydroxylation is 1. The van der Waals surface area contributed by atoms with Gasteiger partial charge in [0.25, 0.3) is 0 Å². The molecular formula is C21H27N3O3S. The van der Waals surface area contributed by atoms with Crippen LogP contribution in [0.15, 0.2) is 46.4 Å². The standard InChI is InChI=1S/C21H27N3O3S/c1-15-23-17(14-28-15)13-27-20-8-7-16(10-21(20)25-4)11-22-12-18(24(2)3)19-6-5-9-26-19/h5-10,14,18,22H,11-13H2,1-4H3/t18-/m0/s1. The van der Waals surface area contributed by atoms with Crippen LogP contribution in [0.4, 0.5) is 0 Å². The van der Waals surface area contributed by atoms with Gasteiger partial charge in [0, 0.05) is 18.5 Å². The zero-order valence-corrected chi connectivity index (χ0v) is 17.6. The number of benzene rings is 1. The molecule has 1 aromatic carbocycles. The molecule has 28 heavy (non-hydrogen) atoms. The molecule has 0 unspecified atom stereocenters. The molecule has 0 spiro atoms. The number of hydrogen-bond acceptors (Lipinski definition) is 7. The van der Waals surface area contributed by atoms with Crippen LogP contribution in [-0.4, -0.2) is 37.6 Å². The Kier molecular flexibility index (Phi) is 7.08. The highest BCUT2D eigenvalue weighted by Crippen LogP contribution is 2.29. The molecule has 0 aliphatic rings. The molecule has 0 fully saturated rings. The molecule has 0 radical (unpaired) electrons. The van der Waals surface area contributed by atoms with E-state index in [9.17, 15) is 0 Å². The van der Waals surface area contributed by atoms with Gasteiger partial charge in [0.15, 0.2) is 11.5 Å². The second-order valence-electron chi connectivity index (χ2n) is 6.76. The third kappa shape index (κ3) is 5.34. The van der Waals surface area contributed by atoms with Crippen molar-refractivity contribution in [3.05, 3.63) is 64.0 Å². The van der Waals surface area contributed by atoms with Gasteiger partial charge in [-0.1, -0.05) is 6.07 Å². The van der Waals surface area contributed by atoms with Crippen LogP contribution in [0.3, 0.4) is 0 Å². The second kappa shape index (κ2) is 9.73. The second-order valence-corrected chi connectivity index (χ2v) is 7.82. The van der Waals surface area contributed by atoms with Gasteiger partial charge in [-0.3, -0.25) is 4.90 Å². The number of aromatic nitrogens is 1. The summed E-state index contributed by atoms with van der Waals surface area (Å²) in [6.07, 6.45) is 1.71. The third-order valence-electron chi connectivity index (χ3n) is 4.43. The number of ether oxygens (including phenoxy) is 2. The number of methoxy groups -OCH3 is 1. The van der Waals surface area contributed by atoms with Crippen molar-refractivity contribution >= 4 is 11.3 Å². The largest absolute Gasteiger partial charge is 0.493 e. The van der Waals surface area contributed by atoms with E-state index in [4.69, 9.17) is 13.9 Å². The summed E-state index contributed by atoms with van der Waals surface area (Å²) in [5, 5.41) is 6.55. The maximum atomic E-state index is 5.89. The first-order valence-corrected chi connectivity index (χ1v) is 10.1. The smallest absolute Gasteiger partial charge is 0.161 e. The Morgan fingerprint density at radius 1 is 1.25 bits per heavy atom. The topological polar surface area (TPSA) is 59.8 Å². The van der Waals surface area contributed by atoms with Gasteiger partial charge in [-0.2, -0.15) is 0 Å². The first-order valence-electron chi connectivity index (χ1n) is 9.18. The summed E-state index contributed by atoms with van der Waals surface area (Å²) in [6, 6.07) is 10.1. The predicted octanol–water partition coefficient (Wildman–Crippen LogP) is 4.02. The van der Waals surface area contributed by atoms with Crippen LogP contribution in [0.25, 0.3) is 0 Å². The van der Waals surface area contributed by atoms with Gasteiger partial charge < -0.3 is 19.2 Å². The fourth-order valence-corrected chi connectivity index (χ4v) is 3.54. The molecule has 6 nitrogen and oxygen atoms in total. The number of likely N-dealkylation sites (N-methyl/N-ethyl adjacent to an activating group) is 1. The minimum atomic E-state index is 0.182. The zero-order valence-electron chi connectivity index (χ0n) is 16.8. The molecule has 7 heteroatoms. The highest BCUT2D eigenvalue weighted by Gasteiger charge is 2.16. The summed E-state index contributed by atoms with van der Waals surface area (Å²) in [7, 11) is 5.76. The van der Waals surface area contributed by atoms with Crippen molar-refractivity contribution in [2.75, 3.05) is 27.7 Å². The lowest BCUT2D eigenvalue weighted by Crippen LogP contribution is -2.30. The molecular weight excluding hydrogens is 374 g/mol. The van der Waals surface area contributed by atoms with Gasteiger partial charge in [-0.15, -0.1) is 11.3 Å². The lowest BCUT2D eigenvalue weighted by molar-refractivity contribution is 0.250. The van der Waals surface area contributed by atoms with Crippen molar-refractivity contribution in [1.82, 2.24) is 15.2 Å². The monoisotopic (exact) mass is 401 g/mol. The van der Waals surface area contributed by atoms with Gasteiger partial charge in [-0.05, 0) is 50.8 Å². The highest BCUT2D eigenvalue weighted by atomic mass is 32.1. The molecule has 2 heterocycles. The minimum absolute atomic E-state index is 0.182. The fourth-order valence-electron chi connectivity index (χ4n) is 2.94. The Balaban J connectivity index is 1.57. The maximum Gasteiger partial charge on any atom is 0.161 e. The molecule has 1 N–H and O–H groups in total. The lowest BCUT2D eigenvalue weighted by Gasteiger charge is -2.22. The van der Waals surface area contributed by atoms with Gasteiger partial charge in [0.05, 0.1) is 30.1 Å². The van der Waals surface area contributed by atoms with Gasteiger partial charge >= 0.3 is 0 Å². The maximum absolute atomic E-state index is 5.89. The Morgan fingerprint density at radius 2 is 2.11 bits per heavy atom. The molecule has 0 saturated heterocycles. The Labute approximate surface area is 170 Å². The molecule has 0 aliphatic carbocycles. The van der Waals surface area contributed by atoms with Crippen molar-refractivity contribution in [2.45, 2.75) is 26.1 Å². The van der Waals surface area contributed by atoms with Crippen LogP contribution in [0, 0.1) is 6.92 Å². The third-order valence-corrected chi connectivity index (χ3v) is 5.25. The Bertz CT molecular complexity index is 862. The van der Waals surface area contributed by atoms with Crippen LogP contribution < -0.4 is 14.8 Å². The highest BCUT2D eigenvalue weighted by molar-refractivity contribution is 7.09. The molecule has 0 bridgehead atoms. The van der Waals surface area contributed by atoms with E-state index >= 15 is 0 Å². The average molecular weight is 402 g/mol. The van der Waals surface area contributed by atoms with Crippen LogP contribution in [0.2, 0.25) is 0 Å². The number of nitrogens with zero attached hydrogens (tertiary/aromatic N) is 2. The molecule has 150 valence electrons. The molecule has 3 rings (SSSR count). The van der Waals surface area contributed by atoms with Crippen LogP contribution in [0.5, 0.6) is 11.5 Å². The molecule has 2 aromatic heterocycles. The minimum Gasteiger partial charge on any atom is -0.493 e. The number of hydrogen-bond donors (Lipinski definition) is 1. The van der Waals surface area contributed by atoms with E-state index in [0.29, 0.717) is 6.61 Å². The van der Waals surface area contributed by atoms with E-state index in [1.165, 1.54) is 0 Å². The molecule has 0 amide bonds. The number of thiazole rings is 1. The summed E-state index contributed by atoms with van der Waals surface area (Å²) in [6.45, 7) is 3.94. The normalized spacial score (nSPS) is 12.3. The molecule has 0 aliphatic heterocycles. The Morgan fingerprint density at radius 3 is 2.75 bits per heavy atom. The summed E-state index contributed by atoms with van der Waals surface area (Å²) in [4.78, 5) is 6.56. The summed E-state index contributed by atoms with van der Waals surface area (Å²) >= 11 is 1.62. The number of rotatable bonds is 10. The van der Waals surface area contributed by atoms with Crippen molar-refractivity contribution in [3.8, 4) is 11.5 Å². The van der Waals surface area contributed by atoms with Crippen LogP contribution in [0.1, 0.15) is 28.1 Å². The first-order chi connectivity index (χ1) is 13.6. The van der Waals surface area contributed by atoms with Crippen molar-refractivity contribution < 1.29 is 13.9 Å². The first kappa shape index (κ1) is 20.4. The quantitative estimate of drug-likeness (QED) is 0.554. The van der Waals surface area contributed by atoms with Crippen molar-refractivity contribution in [2.24, 2.45) is 0 Å². The van der Waals surface area contributed by atoms with E-state index in [-0.39, 0.29) is 6.04 Å². The summed E-state index contributed by atoms with van der Waals surface area (Å²) in [5.74, 6) is 2.40. The fraction of sp³-hybridized carbons (Fsp3) is 0.381. The van der Waals surface area contributed by atoms with E-state index in [1.54, 1.807) is 24.7 Å². The van der Waals surface area contributed by atoms with Gasteiger partial charge in [0.2, 0.25) is 0 Å². The van der Waals surface area contributed by atoms with Crippen LogP contribution >= 0.6 is 11.3 Å². The van der Waals surface area contributed by atoms with Crippen molar-refractivity contribution in [1.29, 1.82) is 0 Å². The number of furan rings is 1. The summed E-state index contributed by atoms with van der Waals surface area (Å²) in [5.41, 5.74) is 2.06. The average Bonchev–Trinajstić information content (AvgIpc) is 3.35. The number of nitrogens with one attached hydrogen (secondary N) is 1. The van der Waals surface area contributed by atoms with E-state index in [2.05, 4.69) is 21.3 Å². The van der Waals surface area contributed by atoms with Crippen molar-refractivity contribution in [3.63, 3.8) is 0 Å². The van der Waals surface area contributed by atoms with E-state index in [0.717, 1.165) is 46.6 Å². The van der Waals surface area contributed by atoms with E-state index < -0.39 is 0 Å². The zero-order chi connectivity index (χ0) is 19.9. The Hall–Kier alpha value is -2.35. The predicted molar refractivity (Wildman–Crippen MR) is 111 cm³/mol.